The van der Waals surface area contributed by atoms with Gasteiger partial charge in [-0.1, -0.05) is 12.8 Å². The van der Waals surface area contributed by atoms with Crippen molar-refractivity contribution in [2.45, 2.75) is 57.1 Å². The van der Waals surface area contributed by atoms with E-state index in [1.54, 1.807) is 4.68 Å². The Kier molecular flexibility index (Phi) is 3.77. The Morgan fingerprint density at radius 3 is 2.78 bits per heavy atom. The second kappa shape index (κ2) is 5.92. The molecular weight excluding hydrogens is 290 g/mol. The van der Waals surface area contributed by atoms with Gasteiger partial charge in [0.05, 0.1) is 11.3 Å². The summed E-state index contributed by atoms with van der Waals surface area (Å²) in [6.45, 7) is 2.81. The van der Waals surface area contributed by atoms with Gasteiger partial charge in [-0.05, 0) is 50.8 Å². The van der Waals surface area contributed by atoms with E-state index in [0.717, 1.165) is 36.8 Å². The van der Waals surface area contributed by atoms with Gasteiger partial charge in [-0.3, -0.25) is 0 Å². The number of ether oxygens (including phenoxy) is 1. The maximum atomic E-state index is 6.09. The second-order valence-electron chi connectivity index (χ2n) is 6.75. The lowest BCUT2D eigenvalue weighted by molar-refractivity contribution is -0.0767. The largest absolute Gasteiger partial charge is 0.375 e. The summed E-state index contributed by atoms with van der Waals surface area (Å²) >= 11 is 0. The van der Waals surface area contributed by atoms with Crippen LogP contribution in [-0.4, -0.2) is 38.2 Å². The molecule has 1 spiro atoms. The van der Waals surface area contributed by atoms with Crippen molar-refractivity contribution in [2.24, 2.45) is 0 Å². The summed E-state index contributed by atoms with van der Waals surface area (Å²) in [5, 5.41) is 16.5. The molecule has 4 rings (SSSR count). The lowest BCUT2D eigenvalue weighted by Crippen LogP contribution is -2.42. The van der Waals surface area contributed by atoms with Gasteiger partial charge in [-0.2, -0.15) is 5.10 Å². The van der Waals surface area contributed by atoms with Gasteiger partial charge in [-0.25, -0.2) is 4.68 Å². The van der Waals surface area contributed by atoms with E-state index in [-0.39, 0.29) is 5.60 Å². The van der Waals surface area contributed by atoms with Crippen LogP contribution < -0.4 is 5.32 Å². The van der Waals surface area contributed by atoms with E-state index < -0.39 is 0 Å². The number of anilines is 1. The molecule has 1 saturated heterocycles. The minimum absolute atomic E-state index is 0.121. The normalized spacial score (nSPS) is 23.3. The summed E-state index contributed by atoms with van der Waals surface area (Å²) in [6, 6.07) is 6.31. The average molecular weight is 313 g/mol. The first-order chi connectivity index (χ1) is 11.2. The highest BCUT2D eigenvalue weighted by Crippen LogP contribution is 2.40. The van der Waals surface area contributed by atoms with Gasteiger partial charge < -0.3 is 10.1 Å². The zero-order valence-electron chi connectivity index (χ0n) is 13.5. The van der Waals surface area contributed by atoms with Gasteiger partial charge in [0.15, 0.2) is 5.82 Å². The monoisotopic (exact) mass is 313 g/mol. The fraction of sp³-hybridized carbons (Fsp3) is 0.588. The van der Waals surface area contributed by atoms with Crippen molar-refractivity contribution < 1.29 is 4.74 Å². The molecule has 1 N–H and O–H groups in total. The molecule has 1 aliphatic carbocycles. The Balaban J connectivity index is 1.42. The summed E-state index contributed by atoms with van der Waals surface area (Å²) in [4.78, 5) is 0. The Hall–Kier alpha value is -1.95. The van der Waals surface area contributed by atoms with Crippen LogP contribution in [0.5, 0.6) is 0 Å². The van der Waals surface area contributed by atoms with Gasteiger partial charge in [0.1, 0.15) is 5.82 Å². The van der Waals surface area contributed by atoms with Crippen molar-refractivity contribution in [3.8, 4) is 5.82 Å². The SMILES string of the molecule is Cc1ccn(-c2ccc(NC3CCOC4(CCCC4)C3)nn2)n1. The van der Waals surface area contributed by atoms with E-state index in [2.05, 4.69) is 20.6 Å². The minimum Gasteiger partial charge on any atom is -0.375 e. The Morgan fingerprint density at radius 1 is 1.22 bits per heavy atom. The van der Waals surface area contributed by atoms with Crippen LogP contribution in [0, 0.1) is 6.92 Å². The molecule has 2 aliphatic rings. The van der Waals surface area contributed by atoms with Crippen LogP contribution in [-0.2, 0) is 4.74 Å². The van der Waals surface area contributed by atoms with Crippen LogP contribution >= 0.6 is 0 Å². The van der Waals surface area contributed by atoms with Crippen molar-refractivity contribution in [1.29, 1.82) is 0 Å². The lowest BCUT2D eigenvalue weighted by atomic mass is 9.89. The minimum atomic E-state index is 0.121. The third-order valence-corrected chi connectivity index (χ3v) is 4.97. The smallest absolute Gasteiger partial charge is 0.175 e. The first kappa shape index (κ1) is 14.6. The van der Waals surface area contributed by atoms with E-state index in [0.29, 0.717) is 6.04 Å². The molecule has 23 heavy (non-hydrogen) atoms. The number of nitrogens with zero attached hydrogens (tertiary/aromatic N) is 4. The van der Waals surface area contributed by atoms with E-state index >= 15 is 0 Å². The highest BCUT2D eigenvalue weighted by atomic mass is 16.5. The van der Waals surface area contributed by atoms with E-state index in [9.17, 15) is 0 Å². The highest BCUT2D eigenvalue weighted by molar-refractivity contribution is 5.37. The summed E-state index contributed by atoms with van der Waals surface area (Å²) in [5.41, 5.74) is 1.09. The molecule has 1 unspecified atom stereocenters. The molecule has 3 heterocycles. The summed E-state index contributed by atoms with van der Waals surface area (Å²) in [7, 11) is 0. The average Bonchev–Trinajstić information content (AvgIpc) is 3.18. The molecule has 2 aromatic heterocycles. The van der Waals surface area contributed by atoms with Crippen LogP contribution in [0.2, 0.25) is 0 Å². The molecule has 6 nitrogen and oxygen atoms in total. The predicted octanol–water partition coefficient (Wildman–Crippen LogP) is 2.87. The van der Waals surface area contributed by atoms with Crippen molar-refractivity contribution in [3.63, 3.8) is 0 Å². The Labute approximate surface area is 136 Å². The summed E-state index contributed by atoms with van der Waals surface area (Å²) in [6.07, 6.45) is 9.00. The fourth-order valence-corrected chi connectivity index (χ4v) is 3.79. The maximum Gasteiger partial charge on any atom is 0.175 e. The van der Waals surface area contributed by atoms with Gasteiger partial charge >= 0.3 is 0 Å². The molecule has 0 bridgehead atoms. The van der Waals surface area contributed by atoms with Gasteiger partial charge in [0, 0.05) is 18.8 Å². The zero-order valence-corrected chi connectivity index (χ0v) is 13.5. The molecule has 0 radical (unpaired) electrons. The molecule has 0 amide bonds. The Bertz CT molecular complexity index is 660. The molecule has 1 saturated carbocycles. The number of rotatable bonds is 3. The molecule has 6 heteroatoms. The van der Waals surface area contributed by atoms with Crippen LogP contribution in [0.15, 0.2) is 24.4 Å². The third-order valence-electron chi connectivity index (χ3n) is 4.97. The quantitative estimate of drug-likeness (QED) is 0.944. The fourth-order valence-electron chi connectivity index (χ4n) is 3.79. The van der Waals surface area contributed by atoms with E-state index in [4.69, 9.17) is 4.74 Å². The number of hydrogen-bond donors (Lipinski definition) is 1. The molecule has 2 fully saturated rings. The number of aryl methyl sites for hydroxylation is 1. The zero-order chi connectivity index (χ0) is 15.7. The van der Waals surface area contributed by atoms with Crippen molar-refractivity contribution in [3.05, 3.63) is 30.1 Å². The molecule has 122 valence electrons. The second-order valence-corrected chi connectivity index (χ2v) is 6.75. The van der Waals surface area contributed by atoms with Gasteiger partial charge in [-0.15, -0.1) is 10.2 Å². The summed E-state index contributed by atoms with van der Waals surface area (Å²) < 4.78 is 7.83. The highest BCUT2D eigenvalue weighted by Gasteiger charge is 2.39. The van der Waals surface area contributed by atoms with Crippen LogP contribution in [0.4, 0.5) is 5.82 Å². The van der Waals surface area contributed by atoms with Crippen molar-refractivity contribution >= 4 is 5.82 Å². The summed E-state index contributed by atoms with van der Waals surface area (Å²) in [5.74, 6) is 1.57. The molecule has 1 atom stereocenters. The van der Waals surface area contributed by atoms with E-state index in [1.807, 2.05) is 31.3 Å². The number of nitrogens with one attached hydrogen (secondary N) is 1. The van der Waals surface area contributed by atoms with Gasteiger partial charge in [0.25, 0.3) is 0 Å². The molecule has 2 aromatic rings. The van der Waals surface area contributed by atoms with Crippen molar-refractivity contribution in [2.75, 3.05) is 11.9 Å². The third kappa shape index (κ3) is 3.08. The van der Waals surface area contributed by atoms with Crippen LogP contribution in [0.25, 0.3) is 5.82 Å². The molecule has 0 aromatic carbocycles. The standard InChI is InChI=1S/C17H23N5O/c1-13-6-10-22(21-13)16-5-4-15(19-20-16)18-14-7-11-23-17(12-14)8-2-3-9-17/h4-6,10,14H,2-3,7-9,11-12H2,1H3,(H,18,19). The molecular formula is C17H23N5O. The molecule has 1 aliphatic heterocycles. The van der Waals surface area contributed by atoms with E-state index in [1.165, 1.54) is 25.7 Å². The Morgan fingerprint density at radius 2 is 2.09 bits per heavy atom. The topological polar surface area (TPSA) is 64.9 Å². The van der Waals surface area contributed by atoms with Crippen LogP contribution in [0.1, 0.15) is 44.2 Å². The lowest BCUT2D eigenvalue weighted by Gasteiger charge is -2.38. The first-order valence-corrected chi connectivity index (χ1v) is 8.49. The van der Waals surface area contributed by atoms with Gasteiger partial charge in [0.2, 0.25) is 0 Å². The number of aromatic nitrogens is 4. The van der Waals surface area contributed by atoms with Crippen molar-refractivity contribution in [1.82, 2.24) is 20.0 Å². The number of hydrogen-bond acceptors (Lipinski definition) is 5. The predicted molar refractivity (Wildman–Crippen MR) is 87.7 cm³/mol. The maximum absolute atomic E-state index is 6.09. The first-order valence-electron chi connectivity index (χ1n) is 8.49. The van der Waals surface area contributed by atoms with Crippen LogP contribution in [0.3, 0.4) is 0 Å².